The van der Waals surface area contributed by atoms with Crippen LogP contribution in [0.4, 0.5) is 5.82 Å². The normalized spacial score (nSPS) is 12.4. The Labute approximate surface area is 187 Å². The van der Waals surface area contributed by atoms with E-state index < -0.39 is 5.97 Å². The molecule has 0 spiro atoms. The van der Waals surface area contributed by atoms with Gasteiger partial charge in [0, 0.05) is 18.2 Å². The number of aliphatic carboxylic acids is 1. The van der Waals surface area contributed by atoms with Gasteiger partial charge in [-0.2, -0.15) is 0 Å². The molecule has 0 fully saturated rings. The Balaban J connectivity index is 1.43. The van der Waals surface area contributed by atoms with Gasteiger partial charge in [0.15, 0.2) is 11.5 Å². The maximum atomic E-state index is 11.2. The number of carboxylic acids is 1. The number of aromatic nitrogens is 2. The molecule has 0 aliphatic carbocycles. The van der Waals surface area contributed by atoms with Gasteiger partial charge in [0.05, 0.1) is 12.1 Å². The summed E-state index contributed by atoms with van der Waals surface area (Å²) in [5.74, 6) is 1.53. The van der Waals surface area contributed by atoms with Crippen LogP contribution in [0.5, 0.6) is 11.5 Å². The highest BCUT2D eigenvalue weighted by molar-refractivity contribution is 5.72. The van der Waals surface area contributed by atoms with Crippen molar-refractivity contribution in [3.8, 4) is 22.8 Å². The summed E-state index contributed by atoms with van der Waals surface area (Å²) in [4.78, 5) is 19.9. The lowest BCUT2D eigenvalue weighted by Gasteiger charge is -2.19. The van der Waals surface area contributed by atoms with Crippen LogP contribution in [0.25, 0.3) is 11.3 Å². The van der Waals surface area contributed by atoms with Crippen LogP contribution < -0.4 is 14.8 Å². The minimum Gasteiger partial charge on any atom is -0.486 e. The first-order chi connectivity index (χ1) is 15.6. The average molecular weight is 434 g/mol. The molecule has 32 heavy (non-hydrogen) atoms. The predicted molar refractivity (Wildman–Crippen MR) is 122 cm³/mol. The van der Waals surface area contributed by atoms with Gasteiger partial charge < -0.3 is 19.9 Å². The first kappa shape index (κ1) is 21.6. The van der Waals surface area contributed by atoms with Gasteiger partial charge in [0.25, 0.3) is 0 Å². The Hall–Kier alpha value is -3.61. The molecule has 2 aromatic carbocycles. The van der Waals surface area contributed by atoms with E-state index in [2.05, 4.69) is 28.3 Å². The highest BCUT2D eigenvalue weighted by Crippen LogP contribution is 2.31. The van der Waals surface area contributed by atoms with Crippen molar-refractivity contribution in [2.45, 2.75) is 32.6 Å². The molecule has 0 atom stereocenters. The minimum absolute atomic E-state index is 0.0338. The van der Waals surface area contributed by atoms with E-state index in [1.807, 2.05) is 36.4 Å². The van der Waals surface area contributed by atoms with Crippen LogP contribution in [0, 0.1) is 0 Å². The second kappa shape index (κ2) is 10.1. The average Bonchev–Trinajstić information content (AvgIpc) is 2.80. The smallest absolute Gasteiger partial charge is 0.307 e. The number of carbonyl (C=O) groups is 1. The molecule has 0 amide bonds. The molecule has 0 saturated carbocycles. The standard InChI is InChI=1S/C25H27N3O4/c1-2-3-18-13-20(6-5-19(18)14-25(29)30)21-15-24(28-16-27-21)26-9-8-17-4-7-22-23(12-17)32-11-10-31-22/h4-7,12-13,15-16H,2-3,8-11,14H2,1H3,(H,29,30)(H,26,27,28). The number of rotatable bonds is 9. The van der Waals surface area contributed by atoms with Gasteiger partial charge in [-0.1, -0.05) is 31.5 Å². The fourth-order valence-electron chi connectivity index (χ4n) is 3.81. The molecular formula is C25H27N3O4. The molecule has 3 aromatic rings. The molecule has 4 rings (SSSR count). The van der Waals surface area contributed by atoms with Crippen molar-refractivity contribution >= 4 is 11.8 Å². The number of ether oxygens (including phenoxy) is 2. The van der Waals surface area contributed by atoms with E-state index in [9.17, 15) is 4.79 Å². The molecule has 1 aliphatic rings. The third-order valence-corrected chi connectivity index (χ3v) is 5.36. The van der Waals surface area contributed by atoms with Crippen molar-refractivity contribution in [2.75, 3.05) is 25.1 Å². The lowest BCUT2D eigenvalue weighted by atomic mass is 9.97. The van der Waals surface area contributed by atoms with E-state index >= 15 is 0 Å². The molecule has 0 bridgehead atoms. The molecular weight excluding hydrogens is 406 g/mol. The number of hydrogen-bond donors (Lipinski definition) is 2. The van der Waals surface area contributed by atoms with Gasteiger partial charge >= 0.3 is 5.97 Å². The van der Waals surface area contributed by atoms with Gasteiger partial charge in [-0.3, -0.25) is 4.79 Å². The van der Waals surface area contributed by atoms with Gasteiger partial charge in [-0.05, 0) is 47.7 Å². The van der Waals surface area contributed by atoms with Crippen LogP contribution >= 0.6 is 0 Å². The summed E-state index contributed by atoms with van der Waals surface area (Å²) in [5.41, 5.74) is 4.84. The number of carboxylic acid groups (broad SMARTS) is 1. The van der Waals surface area contributed by atoms with E-state index in [1.165, 1.54) is 0 Å². The Morgan fingerprint density at radius 1 is 1.00 bits per heavy atom. The molecule has 1 aliphatic heterocycles. The van der Waals surface area contributed by atoms with Crippen molar-refractivity contribution < 1.29 is 19.4 Å². The molecule has 0 unspecified atom stereocenters. The molecule has 1 aromatic heterocycles. The summed E-state index contributed by atoms with van der Waals surface area (Å²) >= 11 is 0. The fraction of sp³-hybridized carbons (Fsp3) is 0.320. The number of benzene rings is 2. The van der Waals surface area contributed by atoms with Crippen LogP contribution in [-0.4, -0.2) is 40.8 Å². The third kappa shape index (κ3) is 5.35. The first-order valence-electron chi connectivity index (χ1n) is 10.9. The van der Waals surface area contributed by atoms with Gasteiger partial charge in [0.2, 0.25) is 0 Å². The molecule has 2 N–H and O–H groups in total. The van der Waals surface area contributed by atoms with E-state index in [0.29, 0.717) is 19.8 Å². The van der Waals surface area contributed by atoms with Crippen LogP contribution in [0.1, 0.15) is 30.0 Å². The number of aryl methyl sites for hydroxylation is 1. The van der Waals surface area contributed by atoms with Crippen molar-refractivity contribution in [2.24, 2.45) is 0 Å². The monoisotopic (exact) mass is 433 g/mol. The molecule has 2 heterocycles. The fourth-order valence-corrected chi connectivity index (χ4v) is 3.81. The Kier molecular flexibility index (Phi) is 6.84. The van der Waals surface area contributed by atoms with E-state index in [4.69, 9.17) is 14.6 Å². The summed E-state index contributed by atoms with van der Waals surface area (Å²) in [5, 5.41) is 12.5. The summed E-state index contributed by atoms with van der Waals surface area (Å²) in [6, 6.07) is 13.8. The van der Waals surface area contributed by atoms with Crippen molar-refractivity contribution in [1.82, 2.24) is 9.97 Å². The largest absolute Gasteiger partial charge is 0.486 e. The van der Waals surface area contributed by atoms with Gasteiger partial charge in [-0.15, -0.1) is 0 Å². The molecule has 7 nitrogen and oxygen atoms in total. The number of anilines is 1. The predicted octanol–water partition coefficient (Wildman–Crippen LogP) is 4.15. The highest BCUT2D eigenvalue weighted by atomic mass is 16.6. The second-order valence-electron chi connectivity index (χ2n) is 7.75. The Morgan fingerprint density at radius 2 is 1.84 bits per heavy atom. The molecule has 166 valence electrons. The van der Waals surface area contributed by atoms with Crippen molar-refractivity contribution in [3.63, 3.8) is 0 Å². The summed E-state index contributed by atoms with van der Waals surface area (Å²) in [7, 11) is 0. The minimum atomic E-state index is -0.818. The van der Waals surface area contributed by atoms with Crippen LogP contribution in [-0.2, 0) is 24.1 Å². The van der Waals surface area contributed by atoms with Gasteiger partial charge in [-0.25, -0.2) is 9.97 Å². The lowest BCUT2D eigenvalue weighted by molar-refractivity contribution is -0.136. The maximum Gasteiger partial charge on any atom is 0.307 e. The van der Waals surface area contributed by atoms with Crippen LogP contribution in [0.3, 0.4) is 0 Å². The maximum absolute atomic E-state index is 11.2. The second-order valence-corrected chi connectivity index (χ2v) is 7.75. The Morgan fingerprint density at radius 3 is 2.66 bits per heavy atom. The zero-order chi connectivity index (χ0) is 22.3. The van der Waals surface area contributed by atoms with Crippen molar-refractivity contribution in [3.05, 3.63) is 65.5 Å². The number of fused-ring (bicyclic) bond motifs is 1. The van der Waals surface area contributed by atoms with E-state index in [1.54, 1.807) is 6.33 Å². The summed E-state index contributed by atoms with van der Waals surface area (Å²) in [6.07, 6.45) is 4.19. The van der Waals surface area contributed by atoms with Crippen LogP contribution in [0.2, 0.25) is 0 Å². The first-order valence-corrected chi connectivity index (χ1v) is 10.9. The van der Waals surface area contributed by atoms with Crippen LogP contribution in [0.15, 0.2) is 48.8 Å². The lowest BCUT2D eigenvalue weighted by Crippen LogP contribution is -2.15. The Bertz CT molecular complexity index is 1100. The highest BCUT2D eigenvalue weighted by Gasteiger charge is 2.12. The third-order valence-electron chi connectivity index (χ3n) is 5.36. The summed E-state index contributed by atoms with van der Waals surface area (Å²) in [6.45, 7) is 3.97. The van der Waals surface area contributed by atoms with Gasteiger partial charge in [0.1, 0.15) is 25.4 Å². The zero-order valence-electron chi connectivity index (χ0n) is 18.1. The zero-order valence-corrected chi connectivity index (χ0v) is 18.1. The van der Waals surface area contributed by atoms with E-state index in [-0.39, 0.29) is 6.42 Å². The number of nitrogens with one attached hydrogen (secondary N) is 1. The van der Waals surface area contributed by atoms with Crippen molar-refractivity contribution in [1.29, 1.82) is 0 Å². The molecule has 7 heteroatoms. The number of hydrogen-bond acceptors (Lipinski definition) is 6. The quantitative estimate of drug-likeness (QED) is 0.524. The number of nitrogens with zero attached hydrogens (tertiary/aromatic N) is 2. The SMILES string of the molecule is CCCc1cc(-c2cc(NCCc3ccc4c(c3)OCCO4)ncn2)ccc1CC(=O)O. The molecule has 0 radical (unpaired) electrons. The topological polar surface area (TPSA) is 93.6 Å². The van der Waals surface area contributed by atoms with E-state index in [0.717, 1.165) is 64.5 Å². The summed E-state index contributed by atoms with van der Waals surface area (Å²) < 4.78 is 11.2. The molecule has 0 saturated heterocycles.